The van der Waals surface area contributed by atoms with Crippen LogP contribution in [0.25, 0.3) is 0 Å². The van der Waals surface area contributed by atoms with Gasteiger partial charge in [-0.3, -0.25) is 9.59 Å². The van der Waals surface area contributed by atoms with Crippen molar-refractivity contribution in [3.8, 4) is 0 Å². The standard InChI is InChI=1S/C15H29NO2/c1-10(2)7-13(15(18)12(5)6)8-14(17)16-9-11(3)4/h10-13H,7-9H2,1-6H3,(H,16,17). The first-order valence-corrected chi connectivity index (χ1v) is 7.04. The smallest absolute Gasteiger partial charge is 0.220 e. The summed E-state index contributed by atoms with van der Waals surface area (Å²) >= 11 is 0. The largest absolute Gasteiger partial charge is 0.356 e. The van der Waals surface area contributed by atoms with Gasteiger partial charge < -0.3 is 5.32 Å². The first-order valence-electron chi connectivity index (χ1n) is 7.04. The van der Waals surface area contributed by atoms with E-state index in [1.54, 1.807) is 0 Å². The molecular formula is C15H29NO2. The Balaban J connectivity index is 4.40. The number of carbonyl (C=O) groups excluding carboxylic acids is 2. The molecule has 0 saturated heterocycles. The maximum absolute atomic E-state index is 12.1. The average molecular weight is 255 g/mol. The zero-order valence-corrected chi connectivity index (χ0v) is 12.7. The molecule has 3 heteroatoms. The van der Waals surface area contributed by atoms with Gasteiger partial charge in [-0.15, -0.1) is 0 Å². The first kappa shape index (κ1) is 17.1. The second kappa shape index (κ2) is 8.28. The molecular weight excluding hydrogens is 226 g/mol. The van der Waals surface area contributed by atoms with Crippen LogP contribution in [0.2, 0.25) is 0 Å². The summed E-state index contributed by atoms with van der Waals surface area (Å²) in [6.45, 7) is 12.8. The quantitative estimate of drug-likeness (QED) is 0.724. The van der Waals surface area contributed by atoms with Crippen molar-refractivity contribution >= 4 is 11.7 Å². The second-order valence-corrected chi connectivity index (χ2v) is 6.29. The van der Waals surface area contributed by atoms with Crippen LogP contribution in [0.1, 0.15) is 54.4 Å². The summed E-state index contributed by atoms with van der Waals surface area (Å²) in [5.74, 6) is 0.976. The van der Waals surface area contributed by atoms with Crippen molar-refractivity contribution in [3.05, 3.63) is 0 Å². The van der Waals surface area contributed by atoms with Gasteiger partial charge in [-0.2, -0.15) is 0 Å². The van der Waals surface area contributed by atoms with E-state index in [-0.39, 0.29) is 23.5 Å². The molecule has 1 atom stereocenters. The molecule has 0 aromatic heterocycles. The van der Waals surface area contributed by atoms with Crippen molar-refractivity contribution < 1.29 is 9.59 Å². The van der Waals surface area contributed by atoms with Crippen LogP contribution in [0.15, 0.2) is 0 Å². The van der Waals surface area contributed by atoms with Gasteiger partial charge in [0.1, 0.15) is 5.78 Å². The molecule has 0 radical (unpaired) electrons. The summed E-state index contributed by atoms with van der Waals surface area (Å²) < 4.78 is 0. The predicted molar refractivity (Wildman–Crippen MR) is 75.3 cm³/mol. The number of Topliss-reactive ketones (excluding diaryl/α,β-unsaturated/α-hetero) is 1. The van der Waals surface area contributed by atoms with Crippen LogP contribution in [-0.4, -0.2) is 18.2 Å². The molecule has 0 spiro atoms. The number of nitrogens with one attached hydrogen (secondary N) is 1. The van der Waals surface area contributed by atoms with Crippen LogP contribution in [0, 0.1) is 23.7 Å². The molecule has 0 heterocycles. The van der Waals surface area contributed by atoms with Gasteiger partial charge in [0, 0.05) is 24.8 Å². The van der Waals surface area contributed by atoms with E-state index in [0.717, 1.165) is 6.42 Å². The second-order valence-electron chi connectivity index (χ2n) is 6.29. The Hall–Kier alpha value is -0.860. The van der Waals surface area contributed by atoms with Crippen LogP contribution in [0.4, 0.5) is 0 Å². The van der Waals surface area contributed by atoms with E-state index in [1.165, 1.54) is 0 Å². The normalized spacial score (nSPS) is 13.2. The minimum absolute atomic E-state index is 0.00310. The Bertz CT molecular complexity index is 270. The number of hydrogen-bond acceptors (Lipinski definition) is 2. The molecule has 0 aromatic carbocycles. The fourth-order valence-corrected chi connectivity index (χ4v) is 1.95. The maximum atomic E-state index is 12.1. The number of hydrogen-bond donors (Lipinski definition) is 1. The summed E-state index contributed by atoms with van der Waals surface area (Å²) in [6.07, 6.45) is 1.13. The highest BCUT2D eigenvalue weighted by Gasteiger charge is 2.24. The highest BCUT2D eigenvalue weighted by molar-refractivity contribution is 5.88. The fourth-order valence-electron chi connectivity index (χ4n) is 1.95. The Morgan fingerprint density at radius 3 is 1.89 bits per heavy atom. The van der Waals surface area contributed by atoms with E-state index in [9.17, 15) is 9.59 Å². The van der Waals surface area contributed by atoms with Crippen LogP contribution in [-0.2, 0) is 9.59 Å². The molecule has 0 aromatic rings. The lowest BCUT2D eigenvalue weighted by Gasteiger charge is -2.19. The van der Waals surface area contributed by atoms with Gasteiger partial charge in [0.05, 0.1) is 0 Å². The summed E-state index contributed by atoms with van der Waals surface area (Å²) in [5.41, 5.74) is 0. The average Bonchev–Trinajstić information content (AvgIpc) is 2.23. The van der Waals surface area contributed by atoms with Crippen molar-refractivity contribution in [2.24, 2.45) is 23.7 Å². The molecule has 1 N–H and O–H groups in total. The van der Waals surface area contributed by atoms with Gasteiger partial charge in [-0.1, -0.05) is 41.5 Å². The molecule has 3 nitrogen and oxygen atoms in total. The van der Waals surface area contributed by atoms with Crippen molar-refractivity contribution in [2.75, 3.05) is 6.54 Å². The Morgan fingerprint density at radius 1 is 0.944 bits per heavy atom. The van der Waals surface area contributed by atoms with Gasteiger partial charge in [0.25, 0.3) is 0 Å². The molecule has 0 aliphatic rings. The fraction of sp³-hybridized carbons (Fsp3) is 0.867. The van der Waals surface area contributed by atoms with Crippen molar-refractivity contribution in [1.29, 1.82) is 0 Å². The minimum atomic E-state index is -0.128. The zero-order chi connectivity index (χ0) is 14.3. The van der Waals surface area contributed by atoms with Gasteiger partial charge >= 0.3 is 0 Å². The Morgan fingerprint density at radius 2 is 1.50 bits per heavy atom. The van der Waals surface area contributed by atoms with E-state index in [4.69, 9.17) is 0 Å². The monoisotopic (exact) mass is 255 g/mol. The number of ketones is 1. The lowest BCUT2D eigenvalue weighted by Crippen LogP contribution is -2.32. The summed E-state index contributed by atoms with van der Waals surface area (Å²) in [6, 6.07) is 0. The summed E-state index contributed by atoms with van der Waals surface area (Å²) in [5, 5.41) is 2.89. The van der Waals surface area contributed by atoms with Crippen LogP contribution < -0.4 is 5.32 Å². The Kier molecular flexibility index (Phi) is 7.88. The number of rotatable bonds is 8. The molecule has 1 amide bonds. The molecule has 1 unspecified atom stereocenters. The van der Waals surface area contributed by atoms with Crippen LogP contribution >= 0.6 is 0 Å². The van der Waals surface area contributed by atoms with Gasteiger partial charge in [0.15, 0.2) is 0 Å². The topological polar surface area (TPSA) is 46.2 Å². The molecule has 0 rings (SSSR count). The lowest BCUT2D eigenvalue weighted by molar-refractivity contribution is -0.131. The minimum Gasteiger partial charge on any atom is -0.356 e. The Labute approximate surface area is 112 Å². The predicted octanol–water partition coefficient (Wildman–Crippen LogP) is 3.04. The van der Waals surface area contributed by atoms with Crippen molar-refractivity contribution in [2.45, 2.75) is 54.4 Å². The van der Waals surface area contributed by atoms with E-state index >= 15 is 0 Å². The molecule has 0 bridgehead atoms. The molecule has 0 saturated carbocycles. The third kappa shape index (κ3) is 7.46. The van der Waals surface area contributed by atoms with Crippen molar-refractivity contribution in [3.63, 3.8) is 0 Å². The van der Waals surface area contributed by atoms with Crippen LogP contribution in [0.3, 0.4) is 0 Å². The van der Waals surface area contributed by atoms with Crippen LogP contribution in [0.5, 0.6) is 0 Å². The van der Waals surface area contributed by atoms with Gasteiger partial charge in [-0.05, 0) is 18.3 Å². The SMILES string of the molecule is CC(C)CNC(=O)CC(CC(C)C)C(=O)C(C)C. The highest BCUT2D eigenvalue weighted by Crippen LogP contribution is 2.20. The van der Waals surface area contributed by atoms with Gasteiger partial charge in [-0.25, -0.2) is 0 Å². The first-order chi connectivity index (χ1) is 8.23. The highest BCUT2D eigenvalue weighted by atomic mass is 16.2. The third-order valence-electron chi connectivity index (χ3n) is 2.87. The maximum Gasteiger partial charge on any atom is 0.220 e. The van der Waals surface area contributed by atoms with E-state index < -0.39 is 0 Å². The zero-order valence-electron chi connectivity index (χ0n) is 12.7. The molecule has 0 fully saturated rings. The van der Waals surface area contributed by atoms with Gasteiger partial charge in [0.2, 0.25) is 5.91 Å². The van der Waals surface area contributed by atoms with E-state index in [0.29, 0.717) is 24.8 Å². The molecule has 106 valence electrons. The van der Waals surface area contributed by atoms with Crippen molar-refractivity contribution in [1.82, 2.24) is 5.32 Å². The molecule has 18 heavy (non-hydrogen) atoms. The lowest BCUT2D eigenvalue weighted by atomic mass is 9.85. The van der Waals surface area contributed by atoms with E-state index in [1.807, 2.05) is 13.8 Å². The van der Waals surface area contributed by atoms with E-state index in [2.05, 4.69) is 33.0 Å². The third-order valence-corrected chi connectivity index (χ3v) is 2.87. The number of carbonyl (C=O) groups is 2. The summed E-state index contributed by atoms with van der Waals surface area (Å²) in [7, 11) is 0. The molecule has 0 aliphatic carbocycles. The number of amides is 1. The molecule has 0 aliphatic heterocycles. The summed E-state index contributed by atoms with van der Waals surface area (Å²) in [4.78, 5) is 23.9.